The van der Waals surface area contributed by atoms with Crippen LogP contribution in [0.4, 0.5) is 0 Å². The SMILES string of the molecule is Cc1ccc(CC(O)CNC(C)(C)C)cc1. The van der Waals surface area contributed by atoms with Crippen LogP contribution in [0, 0.1) is 6.92 Å². The Balaban J connectivity index is 2.39. The summed E-state index contributed by atoms with van der Waals surface area (Å²) in [5.41, 5.74) is 2.51. The van der Waals surface area contributed by atoms with Crippen molar-refractivity contribution in [2.75, 3.05) is 6.54 Å². The van der Waals surface area contributed by atoms with Gasteiger partial charge in [0.15, 0.2) is 0 Å². The molecular formula is C14H23NO. The van der Waals surface area contributed by atoms with E-state index in [-0.39, 0.29) is 11.6 Å². The second kappa shape index (κ2) is 5.46. The van der Waals surface area contributed by atoms with Gasteiger partial charge in [0, 0.05) is 12.1 Å². The van der Waals surface area contributed by atoms with Gasteiger partial charge < -0.3 is 10.4 Å². The molecule has 0 fully saturated rings. The van der Waals surface area contributed by atoms with Gasteiger partial charge in [-0.1, -0.05) is 29.8 Å². The fraction of sp³-hybridized carbons (Fsp3) is 0.571. The van der Waals surface area contributed by atoms with Crippen LogP contribution in [-0.4, -0.2) is 23.3 Å². The van der Waals surface area contributed by atoms with E-state index in [0.29, 0.717) is 13.0 Å². The molecule has 0 aliphatic heterocycles. The van der Waals surface area contributed by atoms with E-state index in [9.17, 15) is 5.11 Å². The first-order chi connectivity index (χ1) is 7.37. The molecule has 90 valence electrons. The molecule has 0 saturated carbocycles. The van der Waals surface area contributed by atoms with Gasteiger partial charge in [-0.25, -0.2) is 0 Å². The zero-order chi connectivity index (χ0) is 12.2. The summed E-state index contributed by atoms with van der Waals surface area (Å²) < 4.78 is 0. The molecule has 0 radical (unpaired) electrons. The highest BCUT2D eigenvalue weighted by Gasteiger charge is 2.12. The zero-order valence-electron chi connectivity index (χ0n) is 10.7. The van der Waals surface area contributed by atoms with Crippen molar-refractivity contribution in [1.82, 2.24) is 5.32 Å². The third-order valence-corrected chi connectivity index (χ3v) is 2.46. The van der Waals surface area contributed by atoms with Gasteiger partial charge in [0.2, 0.25) is 0 Å². The van der Waals surface area contributed by atoms with Crippen LogP contribution in [0.5, 0.6) is 0 Å². The fourth-order valence-corrected chi connectivity index (χ4v) is 1.49. The summed E-state index contributed by atoms with van der Waals surface area (Å²) in [6.45, 7) is 9.02. The minimum Gasteiger partial charge on any atom is -0.391 e. The number of rotatable bonds is 4. The molecule has 0 bridgehead atoms. The number of aliphatic hydroxyl groups excluding tert-OH is 1. The van der Waals surface area contributed by atoms with E-state index >= 15 is 0 Å². The normalized spacial score (nSPS) is 13.8. The lowest BCUT2D eigenvalue weighted by molar-refractivity contribution is 0.161. The fourth-order valence-electron chi connectivity index (χ4n) is 1.49. The van der Waals surface area contributed by atoms with E-state index in [1.165, 1.54) is 11.1 Å². The molecule has 2 nitrogen and oxygen atoms in total. The number of hydrogen-bond acceptors (Lipinski definition) is 2. The summed E-state index contributed by atoms with van der Waals surface area (Å²) in [7, 11) is 0. The molecule has 0 amide bonds. The average molecular weight is 221 g/mol. The zero-order valence-corrected chi connectivity index (χ0v) is 10.7. The van der Waals surface area contributed by atoms with Crippen LogP contribution in [0.25, 0.3) is 0 Å². The summed E-state index contributed by atoms with van der Waals surface area (Å²) in [4.78, 5) is 0. The number of benzene rings is 1. The highest BCUT2D eigenvalue weighted by molar-refractivity contribution is 5.21. The van der Waals surface area contributed by atoms with Crippen molar-refractivity contribution in [3.05, 3.63) is 35.4 Å². The summed E-state index contributed by atoms with van der Waals surface area (Å²) in [5.74, 6) is 0. The molecule has 0 aromatic heterocycles. The van der Waals surface area contributed by atoms with Gasteiger partial charge >= 0.3 is 0 Å². The Kier molecular flexibility index (Phi) is 4.51. The molecule has 1 rings (SSSR count). The standard InChI is InChI=1S/C14H23NO/c1-11-5-7-12(8-6-11)9-13(16)10-15-14(2,3)4/h5-8,13,15-16H,9-10H2,1-4H3. The van der Waals surface area contributed by atoms with Crippen molar-refractivity contribution in [2.45, 2.75) is 45.8 Å². The lowest BCUT2D eigenvalue weighted by atomic mass is 10.0. The van der Waals surface area contributed by atoms with Gasteiger partial charge in [-0.15, -0.1) is 0 Å². The molecule has 1 atom stereocenters. The van der Waals surface area contributed by atoms with Crippen LogP contribution >= 0.6 is 0 Å². The van der Waals surface area contributed by atoms with Gasteiger partial charge in [0.1, 0.15) is 0 Å². The molecule has 1 aromatic rings. The number of hydrogen-bond donors (Lipinski definition) is 2. The predicted octanol–water partition coefficient (Wildman–Crippen LogP) is 2.29. The maximum atomic E-state index is 9.87. The number of β-amino-alcohol motifs (C(OH)–C–C–N with tert-alkyl or cyclic N) is 1. The second-order valence-corrected chi connectivity index (χ2v) is 5.47. The van der Waals surface area contributed by atoms with Crippen LogP contribution in [0.15, 0.2) is 24.3 Å². The Morgan fingerprint density at radius 2 is 1.75 bits per heavy atom. The Labute approximate surface area is 98.7 Å². The maximum Gasteiger partial charge on any atom is 0.0705 e. The first-order valence-corrected chi connectivity index (χ1v) is 5.85. The van der Waals surface area contributed by atoms with E-state index in [1.54, 1.807) is 0 Å². The molecule has 16 heavy (non-hydrogen) atoms. The molecule has 0 aliphatic carbocycles. The van der Waals surface area contributed by atoms with Crippen molar-refractivity contribution >= 4 is 0 Å². The van der Waals surface area contributed by atoms with Crippen molar-refractivity contribution < 1.29 is 5.11 Å². The van der Waals surface area contributed by atoms with Crippen LogP contribution in [0.3, 0.4) is 0 Å². The smallest absolute Gasteiger partial charge is 0.0705 e. The highest BCUT2D eigenvalue weighted by Crippen LogP contribution is 2.06. The number of nitrogens with one attached hydrogen (secondary N) is 1. The summed E-state index contributed by atoms with van der Waals surface area (Å²) in [6, 6.07) is 8.32. The van der Waals surface area contributed by atoms with E-state index < -0.39 is 0 Å². The Bertz CT molecular complexity index is 311. The summed E-state index contributed by atoms with van der Waals surface area (Å²) in [6.07, 6.45) is 0.394. The number of aliphatic hydroxyl groups is 1. The third-order valence-electron chi connectivity index (χ3n) is 2.46. The quantitative estimate of drug-likeness (QED) is 0.817. The van der Waals surface area contributed by atoms with Crippen molar-refractivity contribution in [3.63, 3.8) is 0 Å². The van der Waals surface area contributed by atoms with Crippen LogP contribution in [-0.2, 0) is 6.42 Å². The Morgan fingerprint density at radius 3 is 2.25 bits per heavy atom. The van der Waals surface area contributed by atoms with E-state index in [4.69, 9.17) is 0 Å². The second-order valence-electron chi connectivity index (χ2n) is 5.47. The molecule has 0 heterocycles. The van der Waals surface area contributed by atoms with Crippen molar-refractivity contribution in [2.24, 2.45) is 0 Å². The van der Waals surface area contributed by atoms with Gasteiger partial charge in [0.05, 0.1) is 6.10 Å². The lowest BCUT2D eigenvalue weighted by Gasteiger charge is -2.22. The topological polar surface area (TPSA) is 32.3 Å². The first kappa shape index (κ1) is 13.2. The van der Waals surface area contributed by atoms with E-state index in [2.05, 4.69) is 57.3 Å². The van der Waals surface area contributed by atoms with Gasteiger partial charge in [-0.2, -0.15) is 0 Å². The van der Waals surface area contributed by atoms with Crippen LogP contribution < -0.4 is 5.32 Å². The van der Waals surface area contributed by atoms with E-state index in [1.807, 2.05) is 0 Å². The van der Waals surface area contributed by atoms with Gasteiger partial charge in [-0.05, 0) is 39.7 Å². The minimum atomic E-state index is -0.318. The monoisotopic (exact) mass is 221 g/mol. The molecule has 0 spiro atoms. The molecule has 2 heteroatoms. The molecule has 0 saturated heterocycles. The van der Waals surface area contributed by atoms with Crippen LogP contribution in [0.1, 0.15) is 31.9 Å². The Hall–Kier alpha value is -0.860. The minimum absolute atomic E-state index is 0.0637. The van der Waals surface area contributed by atoms with E-state index in [0.717, 1.165) is 0 Å². The Morgan fingerprint density at radius 1 is 1.19 bits per heavy atom. The summed E-state index contributed by atoms with van der Waals surface area (Å²) in [5, 5.41) is 13.2. The predicted molar refractivity (Wildman–Crippen MR) is 68.6 cm³/mol. The lowest BCUT2D eigenvalue weighted by Crippen LogP contribution is -2.41. The average Bonchev–Trinajstić information content (AvgIpc) is 2.18. The number of aryl methyl sites for hydroxylation is 1. The first-order valence-electron chi connectivity index (χ1n) is 5.85. The molecule has 0 aliphatic rings. The molecule has 2 N–H and O–H groups in total. The van der Waals surface area contributed by atoms with Gasteiger partial charge in [0.25, 0.3) is 0 Å². The maximum absolute atomic E-state index is 9.87. The third kappa shape index (κ3) is 5.29. The largest absolute Gasteiger partial charge is 0.391 e. The highest BCUT2D eigenvalue weighted by atomic mass is 16.3. The molecule has 1 aromatic carbocycles. The molecule has 1 unspecified atom stereocenters. The molecular weight excluding hydrogens is 198 g/mol. The van der Waals surface area contributed by atoms with Gasteiger partial charge in [-0.3, -0.25) is 0 Å². The summed E-state index contributed by atoms with van der Waals surface area (Å²) >= 11 is 0. The van der Waals surface area contributed by atoms with Crippen molar-refractivity contribution in [1.29, 1.82) is 0 Å². The van der Waals surface area contributed by atoms with Crippen LogP contribution in [0.2, 0.25) is 0 Å². The van der Waals surface area contributed by atoms with Crippen molar-refractivity contribution in [3.8, 4) is 0 Å².